The van der Waals surface area contributed by atoms with Crippen molar-refractivity contribution in [3.63, 3.8) is 0 Å². The third kappa shape index (κ3) is 5.30. The van der Waals surface area contributed by atoms with Gasteiger partial charge < -0.3 is 4.74 Å². The Hall–Kier alpha value is -5.16. The number of hydrogen-bond acceptors (Lipinski definition) is 2. The van der Waals surface area contributed by atoms with Gasteiger partial charge in [0.05, 0.1) is 18.2 Å². The highest BCUT2D eigenvalue weighted by atomic mass is 19.4. The summed E-state index contributed by atoms with van der Waals surface area (Å²) in [4.78, 5) is 3.25. The summed E-state index contributed by atoms with van der Waals surface area (Å²) in [7, 11) is 0. The average Bonchev–Trinajstić information content (AvgIpc) is 3.21. The maximum Gasteiger partial charge on any atom is 0.573 e. The molecule has 0 unspecified atom stereocenters. The third-order valence-corrected chi connectivity index (χ3v) is 7.05. The van der Waals surface area contributed by atoms with Gasteiger partial charge in [0.2, 0.25) is 0 Å². The van der Waals surface area contributed by atoms with Crippen LogP contribution in [0.15, 0.2) is 66.4 Å². The number of hydrogen-bond donors (Lipinski definition) is 0. The number of alkyl halides is 6. The molecular formula is C32H16F8N2O. The minimum Gasteiger partial charge on any atom is -0.405 e. The Kier molecular flexibility index (Phi) is 7.01. The molecule has 4 aromatic rings. The molecule has 3 nitrogen and oxygen atoms in total. The van der Waals surface area contributed by atoms with Gasteiger partial charge in [-0.15, -0.1) is 13.2 Å². The minimum atomic E-state index is -5.27. The van der Waals surface area contributed by atoms with E-state index in [0.717, 1.165) is 18.2 Å². The molecule has 5 rings (SSSR count). The van der Waals surface area contributed by atoms with Gasteiger partial charge in [0.25, 0.3) is 5.70 Å². The number of nitriles is 1. The van der Waals surface area contributed by atoms with Crippen molar-refractivity contribution in [2.45, 2.75) is 26.4 Å². The zero-order chi connectivity index (χ0) is 31.4. The first kappa shape index (κ1) is 29.3. The van der Waals surface area contributed by atoms with Gasteiger partial charge in [-0.1, -0.05) is 18.2 Å². The van der Waals surface area contributed by atoms with Crippen LogP contribution >= 0.6 is 0 Å². The molecule has 4 aromatic carbocycles. The first-order valence-electron chi connectivity index (χ1n) is 12.4. The molecule has 0 aliphatic heterocycles. The molecular weight excluding hydrogens is 580 g/mol. The van der Waals surface area contributed by atoms with E-state index in [0.29, 0.717) is 45.5 Å². The van der Waals surface area contributed by atoms with E-state index in [4.69, 9.17) is 6.57 Å². The van der Waals surface area contributed by atoms with Crippen LogP contribution in [0.5, 0.6) is 5.75 Å². The predicted molar refractivity (Wildman–Crippen MR) is 142 cm³/mol. The van der Waals surface area contributed by atoms with Crippen molar-refractivity contribution in [1.29, 1.82) is 5.26 Å². The highest BCUT2D eigenvalue weighted by Crippen LogP contribution is 2.52. The molecule has 0 aromatic heterocycles. The highest BCUT2D eigenvalue weighted by molar-refractivity contribution is 6.06. The Morgan fingerprint density at radius 1 is 0.721 bits per heavy atom. The minimum absolute atomic E-state index is 0.00976. The number of fused-ring (bicyclic) bond motifs is 3. The van der Waals surface area contributed by atoms with E-state index in [-0.39, 0.29) is 16.7 Å². The van der Waals surface area contributed by atoms with Crippen LogP contribution < -0.4 is 4.74 Å². The normalized spacial score (nSPS) is 13.6. The van der Waals surface area contributed by atoms with E-state index in [1.807, 2.05) is 0 Å². The average molecular weight is 596 g/mol. The van der Waals surface area contributed by atoms with Crippen molar-refractivity contribution in [1.82, 2.24) is 0 Å². The first-order chi connectivity index (χ1) is 20.1. The lowest BCUT2D eigenvalue weighted by atomic mass is 9.92. The van der Waals surface area contributed by atoms with Gasteiger partial charge in [0.1, 0.15) is 17.4 Å². The van der Waals surface area contributed by atoms with Crippen molar-refractivity contribution < 1.29 is 39.9 Å². The Morgan fingerprint density at radius 3 is 1.86 bits per heavy atom. The third-order valence-electron chi connectivity index (χ3n) is 7.05. The highest BCUT2D eigenvalue weighted by Gasteiger charge is 2.37. The number of ether oxygens (including phenoxy) is 1. The fourth-order valence-corrected chi connectivity index (χ4v) is 5.15. The van der Waals surface area contributed by atoms with E-state index < -0.39 is 52.3 Å². The summed E-state index contributed by atoms with van der Waals surface area (Å²) >= 11 is 0. The molecule has 216 valence electrons. The van der Waals surface area contributed by atoms with Crippen LogP contribution in [-0.4, -0.2) is 6.36 Å². The lowest BCUT2D eigenvalue weighted by Gasteiger charge is -2.17. The number of rotatable bonds is 3. The monoisotopic (exact) mass is 596 g/mol. The fraction of sp³-hybridized carbons (Fsp3) is 0.125. The maximum absolute atomic E-state index is 14.1. The van der Waals surface area contributed by atoms with E-state index in [1.165, 1.54) is 12.1 Å². The molecule has 0 radical (unpaired) electrons. The van der Waals surface area contributed by atoms with Gasteiger partial charge in [-0.05, 0) is 106 Å². The van der Waals surface area contributed by atoms with Crippen LogP contribution in [0.4, 0.5) is 35.1 Å². The van der Waals surface area contributed by atoms with Crippen LogP contribution in [0.1, 0.15) is 27.8 Å². The predicted octanol–water partition coefficient (Wildman–Crippen LogP) is 10.0. The summed E-state index contributed by atoms with van der Waals surface area (Å²) in [6.07, 6.45) is -10.4. The van der Waals surface area contributed by atoms with E-state index in [1.54, 1.807) is 38.1 Å². The number of allylic oxidation sites excluding steroid dienone is 1. The van der Waals surface area contributed by atoms with Gasteiger partial charge in [-0.2, -0.15) is 13.2 Å². The first-order valence-corrected chi connectivity index (χ1v) is 12.4. The summed E-state index contributed by atoms with van der Waals surface area (Å²) in [5, 5.41) is 9.71. The van der Waals surface area contributed by atoms with Crippen molar-refractivity contribution in [2.24, 2.45) is 0 Å². The van der Waals surface area contributed by atoms with Crippen LogP contribution in [0.3, 0.4) is 0 Å². The second-order valence-electron chi connectivity index (χ2n) is 9.76. The summed E-state index contributed by atoms with van der Waals surface area (Å²) in [6, 6.07) is 13.3. The van der Waals surface area contributed by atoms with Crippen LogP contribution in [0.25, 0.3) is 43.8 Å². The molecule has 0 saturated carbocycles. The van der Waals surface area contributed by atoms with Gasteiger partial charge >= 0.3 is 12.5 Å². The van der Waals surface area contributed by atoms with Crippen molar-refractivity contribution in [3.05, 3.63) is 117 Å². The zero-order valence-corrected chi connectivity index (χ0v) is 22.1. The topological polar surface area (TPSA) is 37.4 Å². The molecule has 1 aliphatic carbocycles. The number of nitrogens with zero attached hydrogens (tertiary/aromatic N) is 2. The standard InChI is InChI=1S/C32H16F8N2O/c1-15-9-23-21(11-19(15)17-4-6-26(33)16(2)8-17)22-12-20(18-5-7-27(34)25(10-18)31(35,36)37)29(43-32(38,39)40)13-24(22)30(23)28(14-41)42-3/h4-13H,1-2H3/b30-28+. The van der Waals surface area contributed by atoms with Gasteiger partial charge in [-0.3, -0.25) is 0 Å². The second kappa shape index (κ2) is 10.3. The van der Waals surface area contributed by atoms with Crippen molar-refractivity contribution in [2.75, 3.05) is 0 Å². The number of benzene rings is 4. The Labute approximate surface area is 239 Å². The fourth-order valence-electron chi connectivity index (χ4n) is 5.15. The molecule has 43 heavy (non-hydrogen) atoms. The van der Waals surface area contributed by atoms with E-state index in [9.17, 15) is 40.4 Å². The van der Waals surface area contributed by atoms with Gasteiger partial charge in [0.15, 0.2) is 0 Å². The SMILES string of the molecule is [C-]#[N+]/C(C#N)=C1\c2cc(C)c(-c3ccc(F)c(C)c3)cc2-c2cc(-c3ccc(F)c(C(F)(F)F)c3)c(OC(F)(F)F)cc21. The molecule has 1 aliphatic rings. The quantitative estimate of drug-likeness (QED) is 0.118. The second-order valence-corrected chi connectivity index (χ2v) is 9.76. The largest absolute Gasteiger partial charge is 0.573 e. The molecule has 11 heteroatoms. The molecule has 0 fully saturated rings. The maximum atomic E-state index is 14.1. The molecule has 0 spiro atoms. The number of aryl methyl sites for hydroxylation is 2. The van der Waals surface area contributed by atoms with Gasteiger partial charge in [0, 0.05) is 11.1 Å². The summed E-state index contributed by atoms with van der Waals surface area (Å²) in [5.74, 6) is -2.96. The van der Waals surface area contributed by atoms with E-state index >= 15 is 0 Å². The van der Waals surface area contributed by atoms with Crippen LogP contribution in [-0.2, 0) is 6.18 Å². The van der Waals surface area contributed by atoms with Gasteiger partial charge in [-0.25, -0.2) is 18.9 Å². The molecule has 0 saturated heterocycles. The molecule has 0 bridgehead atoms. The van der Waals surface area contributed by atoms with Crippen molar-refractivity contribution in [3.8, 4) is 45.2 Å². The van der Waals surface area contributed by atoms with E-state index in [2.05, 4.69) is 9.58 Å². The van der Waals surface area contributed by atoms with Crippen LogP contribution in [0, 0.1) is 43.4 Å². The molecule has 0 amide bonds. The summed E-state index contributed by atoms with van der Waals surface area (Å²) in [5.41, 5.74) is 0.143. The lowest BCUT2D eigenvalue weighted by molar-refractivity contribution is -0.274. The Balaban J connectivity index is 1.86. The lowest BCUT2D eigenvalue weighted by Crippen LogP contribution is -2.18. The molecule has 0 heterocycles. The summed E-state index contributed by atoms with van der Waals surface area (Å²) < 4.78 is 113. The molecule has 0 atom stereocenters. The number of halogens is 8. The smallest absolute Gasteiger partial charge is 0.405 e. The molecule has 0 N–H and O–H groups in total. The Bertz CT molecular complexity index is 1920. The van der Waals surface area contributed by atoms with Crippen molar-refractivity contribution >= 4 is 5.57 Å². The summed E-state index contributed by atoms with van der Waals surface area (Å²) in [6.45, 7) is 10.8. The zero-order valence-electron chi connectivity index (χ0n) is 22.1. The Morgan fingerprint density at radius 2 is 1.30 bits per heavy atom. The van der Waals surface area contributed by atoms with Crippen LogP contribution in [0.2, 0.25) is 0 Å².